The molecule has 0 aliphatic heterocycles. The van der Waals surface area contributed by atoms with E-state index < -0.39 is 0 Å². The molecule has 0 fully saturated rings. The lowest BCUT2D eigenvalue weighted by molar-refractivity contribution is 0.825. The minimum Gasteiger partial charge on any atom is -0.300 e. The van der Waals surface area contributed by atoms with E-state index in [1.807, 2.05) is 0 Å². The Morgan fingerprint density at radius 3 is 1.11 bits per heavy atom. The molecular weight excluding hydrogens is 218 g/mol. The van der Waals surface area contributed by atoms with Gasteiger partial charge in [-0.1, -0.05) is 53.4 Å². The van der Waals surface area contributed by atoms with Crippen LogP contribution in [-0.4, -0.2) is 5.71 Å². The van der Waals surface area contributed by atoms with Gasteiger partial charge in [-0.3, -0.25) is 0 Å². The molecule has 1 aliphatic carbocycles. The van der Waals surface area contributed by atoms with Gasteiger partial charge >= 0.3 is 0 Å². The summed E-state index contributed by atoms with van der Waals surface area (Å²) in [6.45, 7) is 8.95. The maximum atomic E-state index is 8.47. The average Bonchev–Trinajstić information content (AvgIpc) is 2.58. The van der Waals surface area contributed by atoms with Gasteiger partial charge in [0.05, 0.1) is 5.71 Å². The molecule has 0 aromatic carbocycles. The summed E-state index contributed by atoms with van der Waals surface area (Å²) < 4.78 is 0. The van der Waals surface area contributed by atoms with Crippen LogP contribution in [0.25, 0.3) is 0 Å². The minimum absolute atomic E-state index is 0.880. The van der Waals surface area contributed by atoms with Crippen LogP contribution in [0.1, 0.15) is 79.1 Å². The molecular formula is C17H29N. The van der Waals surface area contributed by atoms with E-state index in [4.69, 9.17) is 5.41 Å². The summed E-state index contributed by atoms with van der Waals surface area (Å²) in [4.78, 5) is 0. The number of hydrogen-bond acceptors (Lipinski definition) is 1. The van der Waals surface area contributed by atoms with Crippen LogP contribution in [0.2, 0.25) is 0 Å². The third kappa shape index (κ3) is 3.13. The Morgan fingerprint density at radius 2 is 0.833 bits per heavy atom. The Bertz CT molecular complexity index is 324. The van der Waals surface area contributed by atoms with Crippen LogP contribution in [-0.2, 0) is 0 Å². The predicted octanol–water partition coefficient (Wildman–Crippen LogP) is 5.81. The van der Waals surface area contributed by atoms with Crippen molar-refractivity contribution in [2.75, 3.05) is 0 Å². The van der Waals surface area contributed by atoms with Gasteiger partial charge in [0.25, 0.3) is 0 Å². The third-order valence-corrected chi connectivity index (χ3v) is 3.70. The minimum atomic E-state index is 0.880. The van der Waals surface area contributed by atoms with Crippen LogP contribution in [0, 0.1) is 5.41 Å². The van der Waals surface area contributed by atoms with Crippen molar-refractivity contribution in [1.29, 1.82) is 5.41 Å². The van der Waals surface area contributed by atoms with Gasteiger partial charge < -0.3 is 5.41 Å². The molecule has 0 spiro atoms. The summed E-state index contributed by atoms with van der Waals surface area (Å²) in [5, 5.41) is 8.47. The Balaban J connectivity index is 3.13. The van der Waals surface area contributed by atoms with Gasteiger partial charge in [0.1, 0.15) is 0 Å². The zero-order chi connectivity index (χ0) is 13.5. The Labute approximate surface area is 113 Å². The van der Waals surface area contributed by atoms with Crippen molar-refractivity contribution >= 4 is 5.71 Å². The molecule has 1 aliphatic rings. The lowest BCUT2D eigenvalue weighted by atomic mass is 9.95. The summed E-state index contributed by atoms with van der Waals surface area (Å²) in [5.41, 5.74) is 6.69. The van der Waals surface area contributed by atoms with E-state index in [-0.39, 0.29) is 0 Å². The molecule has 1 heteroatoms. The molecule has 1 N–H and O–H groups in total. The van der Waals surface area contributed by atoms with Crippen LogP contribution >= 0.6 is 0 Å². The largest absolute Gasteiger partial charge is 0.300 e. The molecule has 0 bridgehead atoms. The van der Waals surface area contributed by atoms with Gasteiger partial charge in [-0.25, -0.2) is 0 Å². The van der Waals surface area contributed by atoms with E-state index in [0.717, 1.165) is 31.4 Å². The van der Waals surface area contributed by atoms with Crippen LogP contribution in [0.5, 0.6) is 0 Å². The highest BCUT2D eigenvalue weighted by atomic mass is 14.5. The van der Waals surface area contributed by atoms with Gasteiger partial charge in [-0.15, -0.1) is 0 Å². The smallest absolute Gasteiger partial charge is 0.0609 e. The number of allylic oxidation sites excluding steroid dienone is 4. The van der Waals surface area contributed by atoms with Crippen molar-refractivity contribution < 1.29 is 0 Å². The van der Waals surface area contributed by atoms with Crippen LogP contribution < -0.4 is 0 Å². The Kier molecular flexibility index (Phi) is 6.38. The maximum Gasteiger partial charge on any atom is 0.0609 e. The molecule has 0 unspecified atom stereocenters. The second-order valence-electron chi connectivity index (χ2n) is 5.29. The van der Waals surface area contributed by atoms with E-state index >= 15 is 0 Å². The first-order chi connectivity index (χ1) is 8.71. The van der Waals surface area contributed by atoms with Gasteiger partial charge in [0.15, 0.2) is 0 Å². The molecule has 1 rings (SSSR count). The van der Waals surface area contributed by atoms with Gasteiger partial charge in [-0.05, 0) is 48.0 Å². The van der Waals surface area contributed by atoms with E-state index in [2.05, 4.69) is 27.7 Å². The van der Waals surface area contributed by atoms with Crippen LogP contribution in [0.3, 0.4) is 0 Å². The Morgan fingerprint density at radius 1 is 0.556 bits per heavy atom. The molecule has 18 heavy (non-hydrogen) atoms. The summed E-state index contributed by atoms with van der Waals surface area (Å²) in [6.07, 6.45) is 9.22. The van der Waals surface area contributed by atoms with Crippen molar-refractivity contribution in [2.24, 2.45) is 0 Å². The van der Waals surface area contributed by atoms with Crippen molar-refractivity contribution in [3.8, 4) is 0 Å². The van der Waals surface area contributed by atoms with E-state index in [1.54, 1.807) is 0 Å². The summed E-state index contributed by atoms with van der Waals surface area (Å²) >= 11 is 0. The summed E-state index contributed by atoms with van der Waals surface area (Å²) in [7, 11) is 0. The van der Waals surface area contributed by atoms with Crippen molar-refractivity contribution in [2.45, 2.75) is 79.1 Å². The van der Waals surface area contributed by atoms with Crippen LogP contribution in [0.4, 0.5) is 0 Å². The van der Waals surface area contributed by atoms with Gasteiger partial charge in [0.2, 0.25) is 0 Å². The fourth-order valence-electron chi connectivity index (χ4n) is 3.00. The highest BCUT2D eigenvalue weighted by Gasteiger charge is 2.26. The first-order valence-electron chi connectivity index (χ1n) is 7.74. The number of rotatable bonds is 8. The van der Waals surface area contributed by atoms with Crippen molar-refractivity contribution in [1.82, 2.24) is 0 Å². The van der Waals surface area contributed by atoms with Crippen LogP contribution in [0.15, 0.2) is 22.3 Å². The topological polar surface area (TPSA) is 23.9 Å². The summed E-state index contributed by atoms with van der Waals surface area (Å²) in [5.74, 6) is 0. The molecule has 0 saturated heterocycles. The molecule has 0 heterocycles. The van der Waals surface area contributed by atoms with Gasteiger partial charge in [-0.2, -0.15) is 0 Å². The second-order valence-corrected chi connectivity index (χ2v) is 5.29. The standard InChI is InChI=1S/C17H29N/c1-5-9-13-14(10-6-2)16(12-8-4)17(18)15(13)11-7-3/h18H,5-12H2,1-4H3. The fraction of sp³-hybridized carbons (Fsp3) is 0.706. The van der Waals surface area contributed by atoms with E-state index in [9.17, 15) is 0 Å². The van der Waals surface area contributed by atoms with E-state index in [0.29, 0.717) is 0 Å². The highest BCUT2D eigenvalue weighted by Crippen LogP contribution is 2.39. The quantitative estimate of drug-likeness (QED) is 0.559. The lowest BCUT2D eigenvalue weighted by Crippen LogP contribution is -2.01. The fourth-order valence-corrected chi connectivity index (χ4v) is 3.00. The number of nitrogens with one attached hydrogen (secondary N) is 1. The molecule has 0 aromatic heterocycles. The maximum absolute atomic E-state index is 8.47. The predicted molar refractivity (Wildman–Crippen MR) is 81.4 cm³/mol. The summed E-state index contributed by atoms with van der Waals surface area (Å²) in [6, 6.07) is 0. The molecule has 102 valence electrons. The molecule has 0 aromatic rings. The SMILES string of the molecule is CCCC1=C(CCC)C(CCC)=C(CCC)C1=N. The monoisotopic (exact) mass is 247 g/mol. The molecule has 0 saturated carbocycles. The normalized spacial score (nSPS) is 16.1. The van der Waals surface area contributed by atoms with Gasteiger partial charge in [0, 0.05) is 0 Å². The Hall–Kier alpha value is -0.850. The second kappa shape index (κ2) is 7.56. The number of hydrogen-bond donors (Lipinski definition) is 1. The molecule has 0 atom stereocenters. The third-order valence-electron chi connectivity index (χ3n) is 3.70. The average molecular weight is 247 g/mol. The van der Waals surface area contributed by atoms with E-state index in [1.165, 1.54) is 48.0 Å². The first kappa shape index (κ1) is 15.2. The zero-order valence-corrected chi connectivity index (χ0v) is 12.7. The molecule has 1 nitrogen and oxygen atoms in total. The molecule has 0 amide bonds. The zero-order valence-electron chi connectivity index (χ0n) is 12.7. The lowest BCUT2D eigenvalue weighted by Gasteiger charge is -2.10. The van der Waals surface area contributed by atoms with Crippen molar-refractivity contribution in [3.05, 3.63) is 22.3 Å². The van der Waals surface area contributed by atoms with Crippen molar-refractivity contribution in [3.63, 3.8) is 0 Å². The highest BCUT2D eigenvalue weighted by molar-refractivity contribution is 6.15. The first-order valence-corrected chi connectivity index (χ1v) is 7.74. The molecule has 0 radical (unpaired) electrons.